The average molecular weight is 276 g/mol. The molecule has 108 valence electrons. The van der Waals surface area contributed by atoms with E-state index in [0.29, 0.717) is 19.4 Å². The van der Waals surface area contributed by atoms with E-state index in [2.05, 4.69) is 4.98 Å². The number of hydrogen-bond acceptors (Lipinski definition) is 3. The van der Waals surface area contributed by atoms with Gasteiger partial charge in [-0.15, -0.1) is 0 Å². The number of carbonyl (C=O) groups is 2. The molecule has 1 amide bonds. The van der Waals surface area contributed by atoms with Gasteiger partial charge in [0, 0.05) is 38.3 Å². The van der Waals surface area contributed by atoms with Crippen molar-refractivity contribution in [1.82, 2.24) is 9.88 Å². The van der Waals surface area contributed by atoms with Crippen LogP contribution in [-0.4, -0.2) is 40.0 Å². The maximum atomic E-state index is 12.2. The number of nitrogens with zero attached hydrogens (tertiary/aromatic N) is 2. The first-order valence-corrected chi connectivity index (χ1v) is 7.03. The van der Waals surface area contributed by atoms with E-state index < -0.39 is 5.97 Å². The van der Waals surface area contributed by atoms with Gasteiger partial charge in [-0.3, -0.25) is 14.6 Å². The molecule has 5 heteroatoms. The molecule has 1 aliphatic rings. The van der Waals surface area contributed by atoms with Crippen LogP contribution in [0.25, 0.3) is 0 Å². The zero-order chi connectivity index (χ0) is 14.4. The molecule has 1 aliphatic heterocycles. The van der Waals surface area contributed by atoms with Crippen LogP contribution in [0.15, 0.2) is 24.5 Å². The topological polar surface area (TPSA) is 70.5 Å². The summed E-state index contributed by atoms with van der Waals surface area (Å²) in [6.07, 6.45) is 6.60. The number of carboxylic acids is 1. The second-order valence-corrected chi connectivity index (χ2v) is 5.31. The Morgan fingerprint density at radius 1 is 1.45 bits per heavy atom. The first-order chi connectivity index (χ1) is 9.65. The fourth-order valence-electron chi connectivity index (χ4n) is 2.66. The van der Waals surface area contributed by atoms with E-state index in [9.17, 15) is 9.59 Å². The lowest BCUT2D eigenvalue weighted by Gasteiger charge is -2.32. The van der Waals surface area contributed by atoms with Crippen molar-refractivity contribution in [2.24, 2.45) is 5.92 Å². The third-order valence-corrected chi connectivity index (χ3v) is 3.69. The Morgan fingerprint density at radius 3 is 3.00 bits per heavy atom. The first-order valence-electron chi connectivity index (χ1n) is 7.03. The Hall–Kier alpha value is -1.91. The van der Waals surface area contributed by atoms with Gasteiger partial charge in [-0.1, -0.05) is 6.07 Å². The molecular weight excluding hydrogens is 256 g/mol. The van der Waals surface area contributed by atoms with Gasteiger partial charge in [-0.25, -0.2) is 0 Å². The van der Waals surface area contributed by atoms with Gasteiger partial charge >= 0.3 is 5.97 Å². The molecule has 1 aromatic rings. The Bertz CT molecular complexity index is 461. The van der Waals surface area contributed by atoms with Gasteiger partial charge in [0.15, 0.2) is 0 Å². The predicted molar refractivity (Wildman–Crippen MR) is 74.1 cm³/mol. The molecule has 0 radical (unpaired) electrons. The minimum absolute atomic E-state index is 0.101. The van der Waals surface area contributed by atoms with Gasteiger partial charge in [0.1, 0.15) is 0 Å². The van der Waals surface area contributed by atoms with Gasteiger partial charge < -0.3 is 10.0 Å². The van der Waals surface area contributed by atoms with Crippen molar-refractivity contribution in [2.45, 2.75) is 32.1 Å². The Labute approximate surface area is 118 Å². The third kappa shape index (κ3) is 4.33. The van der Waals surface area contributed by atoms with E-state index in [1.54, 1.807) is 12.4 Å². The summed E-state index contributed by atoms with van der Waals surface area (Å²) in [7, 11) is 0. The molecule has 2 rings (SSSR count). The van der Waals surface area contributed by atoms with E-state index >= 15 is 0 Å². The maximum Gasteiger partial charge on any atom is 0.303 e. The number of aromatic nitrogens is 1. The van der Waals surface area contributed by atoms with Crippen molar-refractivity contribution in [1.29, 1.82) is 0 Å². The number of rotatable bonds is 5. The Morgan fingerprint density at radius 2 is 2.30 bits per heavy atom. The van der Waals surface area contributed by atoms with Crippen LogP contribution in [0.2, 0.25) is 0 Å². The molecule has 1 atom stereocenters. The van der Waals surface area contributed by atoms with Crippen molar-refractivity contribution in [3.8, 4) is 0 Å². The summed E-state index contributed by atoms with van der Waals surface area (Å²) in [6.45, 7) is 1.33. The lowest BCUT2D eigenvalue weighted by atomic mass is 9.94. The molecule has 1 saturated heterocycles. The summed E-state index contributed by atoms with van der Waals surface area (Å²) < 4.78 is 0. The number of carboxylic acid groups (broad SMARTS) is 1. The van der Waals surface area contributed by atoms with Gasteiger partial charge in [-0.05, 0) is 36.8 Å². The molecule has 1 aromatic heterocycles. The van der Waals surface area contributed by atoms with Crippen molar-refractivity contribution in [3.05, 3.63) is 30.1 Å². The highest BCUT2D eigenvalue weighted by molar-refractivity contribution is 5.76. The van der Waals surface area contributed by atoms with Crippen LogP contribution >= 0.6 is 0 Å². The highest BCUT2D eigenvalue weighted by atomic mass is 16.4. The maximum absolute atomic E-state index is 12.2. The molecule has 2 heterocycles. The quantitative estimate of drug-likeness (QED) is 0.889. The van der Waals surface area contributed by atoms with Crippen molar-refractivity contribution in [2.75, 3.05) is 13.1 Å². The number of carbonyl (C=O) groups excluding carboxylic acids is 1. The largest absolute Gasteiger partial charge is 0.481 e. The van der Waals surface area contributed by atoms with Crippen molar-refractivity contribution < 1.29 is 14.7 Å². The summed E-state index contributed by atoms with van der Waals surface area (Å²) in [6, 6.07) is 3.83. The fraction of sp³-hybridized carbons (Fsp3) is 0.533. The monoisotopic (exact) mass is 276 g/mol. The molecule has 5 nitrogen and oxygen atoms in total. The Kier molecular flexibility index (Phi) is 5.09. The molecule has 0 spiro atoms. The summed E-state index contributed by atoms with van der Waals surface area (Å²) in [4.78, 5) is 28.7. The van der Waals surface area contributed by atoms with E-state index in [4.69, 9.17) is 5.11 Å². The van der Waals surface area contributed by atoms with Crippen LogP contribution in [0, 0.1) is 5.92 Å². The molecule has 0 aromatic carbocycles. The summed E-state index contributed by atoms with van der Waals surface area (Å²) >= 11 is 0. The second-order valence-electron chi connectivity index (χ2n) is 5.31. The standard InChI is InChI=1S/C15H20N2O3/c18-14(6-5-12-3-1-7-16-10-12)17-8-2-4-13(11-17)9-15(19)20/h1,3,7,10,13H,2,4-6,8-9,11H2,(H,19,20). The molecule has 0 saturated carbocycles. The summed E-state index contributed by atoms with van der Waals surface area (Å²) in [5, 5.41) is 8.83. The normalized spacial score (nSPS) is 18.8. The van der Waals surface area contributed by atoms with E-state index in [1.807, 2.05) is 17.0 Å². The van der Waals surface area contributed by atoms with E-state index in [-0.39, 0.29) is 18.2 Å². The molecule has 1 N–H and O–H groups in total. The van der Waals surface area contributed by atoms with E-state index in [0.717, 1.165) is 24.9 Å². The molecule has 1 unspecified atom stereocenters. The summed E-state index contributed by atoms with van der Waals surface area (Å²) in [5.74, 6) is -0.563. The number of likely N-dealkylation sites (tertiary alicyclic amines) is 1. The molecular formula is C15H20N2O3. The minimum Gasteiger partial charge on any atom is -0.481 e. The lowest BCUT2D eigenvalue weighted by molar-refractivity contribution is -0.140. The second kappa shape index (κ2) is 7.03. The van der Waals surface area contributed by atoms with Crippen LogP contribution in [0.4, 0.5) is 0 Å². The van der Waals surface area contributed by atoms with Crippen molar-refractivity contribution >= 4 is 11.9 Å². The smallest absolute Gasteiger partial charge is 0.303 e. The van der Waals surface area contributed by atoms with Crippen LogP contribution in [0.5, 0.6) is 0 Å². The Balaban J connectivity index is 1.81. The number of pyridine rings is 1. The van der Waals surface area contributed by atoms with Crippen LogP contribution in [0.1, 0.15) is 31.2 Å². The number of piperidine rings is 1. The number of aliphatic carboxylic acids is 1. The zero-order valence-corrected chi connectivity index (χ0v) is 11.5. The third-order valence-electron chi connectivity index (χ3n) is 3.69. The fourth-order valence-corrected chi connectivity index (χ4v) is 2.66. The lowest BCUT2D eigenvalue weighted by Crippen LogP contribution is -2.40. The van der Waals surface area contributed by atoms with Gasteiger partial charge in [0.25, 0.3) is 0 Å². The SMILES string of the molecule is O=C(O)CC1CCCN(C(=O)CCc2cccnc2)C1. The minimum atomic E-state index is -0.778. The van der Waals surface area contributed by atoms with Crippen LogP contribution in [0.3, 0.4) is 0 Å². The summed E-state index contributed by atoms with van der Waals surface area (Å²) in [5.41, 5.74) is 1.06. The molecule has 20 heavy (non-hydrogen) atoms. The van der Waals surface area contributed by atoms with E-state index in [1.165, 1.54) is 0 Å². The highest BCUT2D eigenvalue weighted by Crippen LogP contribution is 2.20. The molecule has 0 aliphatic carbocycles. The molecule has 0 bridgehead atoms. The number of amides is 1. The van der Waals surface area contributed by atoms with Gasteiger partial charge in [0.2, 0.25) is 5.91 Å². The van der Waals surface area contributed by atoms with Crippen LogP contribution in [-0.2, 0) is 16.0 Å². The molecule has 1 fully saturated rings. The number of aryl methyl sites for hydroxylation is 1. The van der Waals surface area contributed by atoms with Crippen LogP contribution < -0.4 is 0 Å². The highest BCUT2D eigenvalue weighted by Gasteiger charge is 2.24. The van der Waals surface area contributed by atoms with Crippen molar-refractivity contribution in [3.63, 3.8) is 0 Å². The first kappa shape index (κ1) is 14.5. The zero-order valence-electron chi connectivity index (χ0n) is 11.5. The number of hydrogen-bond donors (Lipinski definition) is 1. The van der Waals surface area contributed by atoms with Gasteiger partial charge in [0.05, 0.1) is 0 Å². The average Bonchev–Trinajstić information content (AvgIpc) is 2.45. The predicted octanol–water partition coefficient (Wildman–Crippen LogP) is 1.73. The van der Waals surface area contributed by atoms with Gasteiger partial charge in [-0.2, -0.15) is 0 Å².